The summed E-state index contributed by atoms with van der Waals surface area (Å²) in [5.41, 5.74) is 1.07. The number of non-ortho nitro benzene ring substituents is 1. The Morgan fingerprint density at radius 3 is 2.00 bits per heavy atom. The molecule has 166 valence electrons. The molecule has 0 atom stereocenters. The van der Waals surface area contributed by atoms with Crippen LogP contribution < -0.4 is 14.7 Å². The normalized spacial score (nSPS) is 16.9. The molecule has 0 unspecified atom stereocenters. The lowest BCUT2D eigenvalue weighted by Crippen LogP contribution is -2.47. The summed E-state index contributed by atoms with van der Waals surface area (Å²) < 4.78 is 7.24. The monoisotopic (exact) mass is 437 g/mol. The molecule has 4 heterocycles. The van der Waals surface area contributed by atoms with Gasteiger partial charge < -0.3 is 19.4 Å². The summed E-state index contributed by atoms with van der Waals surface area (Å²) >= 11 is 0. The highest BCUT2D eigenvalue weighted by Gasteiger charge is 2.23. The Bertz CT molecular complexity index is 1060. The molecule has 0 aliphatic carbocycles. The van der Waals surface area contributed by atoms with Crippen molar-refractivity contribution in [1.82, 2.24) is 24.5 Å². The van der Waals surface area contributed by atoms with Crippen LogP contribution in [-0.2, 0) is 4.74 Å². The van der Waals surface area contributed by atoms with E-state index < -0.39 is 0 Å². The van der Waals surface area contributed by atoms with Gasteiger partial charge in [-0.3, -0.25) is 14.7 Å². The number of anilines is 3. The van der Waals surface area contributed by atoms with Crippen LogP contribution >= 0.6 is 0 Å². The van der Waals surface area contributed by atoms with Crippen molar-refractivity contribution >= 4 is 23.3 Å². The zero-order chi connectivity index (χ0) is 21.9. The summed E-state index contributed by atoms with van der Waals surface area (Å²) in [7, 11) is 0. The Labute approximate surface area is 184 Å². The molecule has 12 nitrogen and oxygen atoms in total. The predicted octanol–water partition coefficient (Wildman–Crippen LogP) is 1.13. The minimum absolute atomic E-state index is 0.0974. The van der Waals surface area contributed by atoms with Gasteiger partial charge in [0.25, 0.3) is 5.69 Å². The first-order valence-corrected chi connectivity index (χ1v) is 10.5. The number of hydrogen-bond donors (Lipinski definition) is 0. The summed E-state index contributed by atoms with van der Waals surface area (Å²) in [6.07, 6.45) is 5.18. The number of aromatic nitrogens is 5. The summed E-state index contributed by atoms with van der Waals surface area (Å²) in [6, 6.07) is 6.67. The van der Waals surface area contributed by atoms with E-state index >= 15 is 0 Å². The number of imidazole rings is 1. The maximum Gasteiger partial charge on any atom is 0.269 e. The largest absolute Gasteiger partial charge is 0.378 e. The maximum atomic E-state index is 10.9. The van der Waals surface area contributed by atoms with E-state index in [2.05, 4.69) is 24.7 Å². The zero-order valence-corrected chi connectivity index (χ0v) is 17.4. The van der Waals surface area contributed by atoms with E-state index in [1.165, 1.54) is 0 Å². The Balaban J connectivity index is 1.35. The summed E-state index contributed by atoms with van der Waals surface area (Å²) in [4.78, 5) is 35.2. The third kappa shape index (κ3) is 4.17. The van der Waals surface area contributed by atoms with Crippen molar-refractivity contribution in [3.05, 3.63) is 53.1 Å². The van der Waals surface area contributed by atoms with Gasteiger partial charge in [-0.25, -0.2) is 4.98 Å². The topological polar surface area (TPSA) is 119 Å². The summed E-state index contributed by atoms with van der Waals surface area (Å²) in [5, 5.41) is 10.9. The molecule has 0 N–H and O–H groups in total. The smallest absolute Gasteiger partial charge is 0.269 e. The van der Waals surface area contributed by atoms with Crippen LogP contribution in [0, 0.1) is 10.1 Å². The lowest BCUT2D eigenvalue weighted by atomic mass is 10.2. The van der Waals surface area contributed by atoms with E-state index in [9.17, 15) is 10.1 Å². The highest BCUT2D eigenvalue weighted by molar-refractivity contribution is 5.52. The molecular formula is C20H23N9O3. The molecule has 2 saturated heterocycles. The molecule has 5 rings (SSSR count). The Morgan fingerprint density at radius 1 is 0.812 bits per heavy atom. The third-order valence-electron chi connectivity index (χ3n) is 5.62. The first-order chi connectivity index (χ1) is 15.7. The van der Waals surface area contributed by atoms with E-state index in [4.69, 9.17) is 14.7 Å². The van der Waals surface area contributed by atoms with Crippen LogP contribution in [-0.4, -0.2) is 81.9 Å². The van der Waals surface area contributed by atoms with Gasteiger partial charge in [-0.2, -0.15) is 15.0 Å². The van der Waals surface area contributed by atoms with E-state index in [1.807, 2.05) is 6.20 Å². The quantitative estimate of drug-likeness (QED) is 0.424. The first kappa shape index (κ1) is 20.1. The Kier molecular flexibility index (Phi) is 5.50. The van der Waals surface area contributed by atoms with Gasteiger partial charge in [0.1, 0.15) is 6.33 Å². The summed E-state index contributed by atoms with van der Waals surface area (Å²) in [6.45, 7) is 5.75. The van der Waals surface area contributed by atoms with Gasteiger partial charge in [0.05, 0.1) is 18.1 Å². The van der Waals surface area contributed by atoms with Gasteiger partial charge in [-0.05, 0) is 12.1 Å². The van der Waals surface area contributed by atoms with Crippen molar-refractivity contribution in [2.24, 2.45) is 0 Å². The Morgan fingerprint density at radius 2 is 1.41 bits per heavy atom. The predicted molar refractivity (Wildman–Crippen MR) is 118 cm³/mol. The van der Waals surface area contributed by atoms with Crippen molar-refractivity contribution < 1.29 is 9.66 Å². The maximum absolute atomic E-state index is 10.9. The molecule has 2 aliphatic heterocycles. The molecule has 1 aromatic carbocycles. The van der Waals surface area contributed by atoms with Crippen molar-refractivity contribution in [3.8, 4) is 5.95 Å². The fourth-order valence-corrected chi connectivity index (χ4v) is 3.83. The van der Waals surface area contributed by atoms with Gasteiger partial charge >= 0.3 is 0 Å². The van der Waals surface area contributed by atoms with E-state index in [0.29, 0.717) is 31.1 Å². The van der Waals surface area contributed by atoms with Gasteiger partial charge in [0, 0.05) is 69.5 Å². The van der Waals surface area contributed by atoms with Crippen molar-refractivity contribution in [2.45, 2.75) is 0 Å². The standard InChI is InChI=1S/C20H23N9O3/c30-29(31)17-3-1-16(2-4-17)25-7-9-26(10-8-25)18-22-19(27-11-13-32-14-12-27)24-20(23-18)28-6-5-21-15-28/h1-6,15H,7-14H2. The number of nitrogens with zero attached hydrogens (tertiary/aromatic N) is 9. The fraction of sp³-hybridized carbons (Fsp3) is 0.400. The van der Waals surface area contributed by atoms with Crippen LogP contribution in [0.4, 0.5) is 23.3 Å². The molecule has 0 amide bonds. The fourth-order valence-electron chi connectivity index (χ4n) is 3.83. The molecule has 32 heavy (non-hydrogen) atoms. The number of nitro groups is 1. The SMILES string of the molecule is O=[N+]([O-])c1ccc(N2CCN(c3nc(N4CCOCC4)nc(-n4ccnc4)n3)CC2)cc1. The number of nitro benzene ring substituents is 1. The van der Waals surface area contributed by atoms with E-state index in [1.54, 1.807) is 41.4 Å². The van der Waals surface area contributed by atoms with Crippen LogP contribution in [0.1, 0.15) is 0 Å². The van der Waals surface area contributed by atoms with E-state index in [-0.39, 0.29) is 10.6 Å². The van der Waals surface area contributed by atoms with Crippen LogP contribution in [0.2, 0.25) is 0 Å². The molecule has 0 spiro atoms. The zero-order valence-electron chi connectivity index (χ0n) is 17.4. The molecule has 2 aromatic heterocycles. The van der Waals surface area contributed by atoms with Gasteiger partial charge in [-0.1, -0.05) is 0 Å². The van der Waals surface area contributed by atoms with Crippen molar-refractivity contribution in [1.29, 1.82) is 0 Å². The average molecular weight is 437 g/mol. The number of morpholine rings is 1. The lowest BCUT2D eigenvalue weighted by Gasteiger charge is -2.36. The minimum atomic E-state index is -0.383. The Hall–Kier alpha value is -3.80. The number of ether oxygens (including phenoxy) is 1. The van der Waals surface area contributed by atoms with E-state index in [0.717, 1.165) is 45.0 Å². The molecule has 3 aromatic rings. The highest BCUT2D eigenvalue weighted by atomic mass is 16.6. The molecule has 0 bridgehead atoms. The second-order valence-electron chi connectivity index (χ2n) is 7.55. The van der Waals surface area contributed by atoms with Crippen LogP contribution in [0.25, 0.3) is 5.95 Å². The molecule has 0 saturated carbocycles. The summed E-state index contributed by atoms with van der Waals surface area (Å²) in [5.74, 6) is 1.81. The van der Waals surface area contributed by atoms with Crippen LogP contribution in [0.15, 0.2) is 43.0 Å². The molecule has 2 fully saturated rings. The second kappa shape index (κ2) is 8.75. The van der Waals surface area contributed by atoms with Gasteiger partial charge in [-0.15, -0.1) is 0 Å². The van der Waals surface area contributed by atoms with Crippen LogP contribution in [0.3, 0.4) is 0 Å². The highest BCUT2D eigenvalue weighted by Crippen LogP contribution is 2.23. The number of benzene rings is 1. The molecular weight excluding hydrogens is 414 g/mol. The minimum Gasteiger partial charge on any atom is -0.378 e. The second-order valence-corrected chi connectivity index (χ2v) is 7.55. The van der Waals surface area contributed by atoms with Crippen molar-refractivity contribution in [2.75, 3.05) is 67.2 Å². The number of piperazine rings is 1. The number of hydrogen-bond acceptors (Lipinski definition) is 10. The third-order valence-corrected chi connectivity index (χ3v) is 5.62. The molecule has 12 heteroatoms. The molecule has 2 aliphatic rings. The number of rotatable bonds is 5. The van der Waals surface area contributed by atoms with Gasteiger partial charge in [0.15, 0.2) is 0 Å². The first-order valence-electron chi connectivity index (χ1n) is 10.5. The lowest BCUT2D eigenvalue weighted by molar-refractivity contribution is -0.384. The molecule has 0 radical (unpaired) electrons. The van der Waals surface area contributed by atoms with Crippen LogP contribution in [0.5, 0.6) is 0 Å². The average Bonchev–Trinajstić information content (AvgIpc) is 3.40. The van der Waals surface area contributed by atoms with Gasteiger partial charge in [0.2, 0.25) is 17.8 Å². The van der Waals surface area contributed by atoms with Crippen molar-refractivity contribution in [3.63, 3.8) is 0 Å².